The smallest absolute Gasteiger partial charge is 0.193 e. The minimum absolute atomic E-state index is 0. The fourth-order valence-corrected chi connectivity index (χ4v) is 3.43. The van der Waals surface area contributed by atoms with Gasteiger partial charge in [0.05, 0.1) is 6.61 Å². The van der Waals surface area contributed by atoms with Crippen LogP contribution in [0.4, 0.5) is 0 Å². The van der Waals surface area contributed by atoms with Crippen LogP contribution in [0.3, 0.4) is 0 Å². The van der Waals surface area contributed by atoms with Gasteiger partial charge in [-0.25, -0.2) is 0 Å². The van der Waals surface area contributed by atoms with E-state index in [9.17, 15) is 0 Å². The summed E-state index contributed by atoms with van der Waals surface area (Å²) in [5.74, 6) is 1.11. The molecule has 2 saturated heterocycles. The molecule has 1 unspecified atom stereocenters. The van der Waals surface area contributed by atoms with E-state index in [0.717, 1.165) is 58.3 Å². The lowest BCUT2D eigenvalue weighted by Gasteiger charge is -2.25. The standard InChI is InChI=1S/C18H36N4O.HI/c1-5-19-17(20-10-6-7-11-21(4)16(2)3)22-12-8-18(14-22)9-13-23-15-18;/h16H,5-15H2,1-4H3,(H,19,20);1H. The number of hydrogen-bond acceptors (Lipinski definition) is 3. The Morgan fingerprint density at radius 3 is 2.75 bits per heavy atom. The molecule has 0 bridgehead atoms. The zero-order valence-corrected chi connectivity index (χ0v) is 18.3. The highest BCUT2D eigenvalue weighted by atomic mass is 127. The number of hydrogen-bond donors (Lipinski definition) is 1. The third-order valence-corrected chi connectivity index (χ3v) is 5.32. The van der Waals surface area contributed by atoms with E-state index in [1.54, 1.807) is 0 Å². The van der Waals surface area contributed by atoms with Crippen molar-refractivity contribution in [1.29, 1.82) is 0 Å². The topological polar surface area (TPSA) is 40.1 Å². The molecule has 0 aromatic rings. The van der Waals surface area contributed by atoms with Crippen molar-refractivity contribution in [2.24, 2.45) is 10.4 Å². The molecule has 0 aromatic carbocycles. The van der Waals surface area contributed by atoms with Gasteiger partial charge in [0.1, 0.15) is 0 Å². The van der Waals surface area contributed by atoms with Gasteiger partial charge in [-0.05, 0) is 60.0 Å². The van der Waals surface area contributed by atoms with E-state index in [4.69, 9.17) is 9.73 Å². The highest BCUT2D eigenvalue weighted by molar-refractivity contribution is 14.0. The van der Waals surface area contributed by atoms with Gasteiger partial charge in [-0.1, -0.05) is 0 Å². The number of nitrogens with zero attached hydrogens (tertiary/aromatic N) is 3. The number of guanidine groups is 1. The molecule has 5 nitrogen and oxygen atoms in total. The van der Waals surface area contributed by atoms with Gasteiger partial charge < -0.3 is 19.9 Å². The van der Waals surface area contributed by atoms with Crippen molar-refractivity contribution >= 4 is 29.9 Å². The molecule has 1 N–H and O–H groups in total. The van der Waals surface area contributed by atoms with Crippen LogP contribution in [0.5, 0.6) is 0 Å². The number of unbranched alkanes of at least 4 members (excludes halogenated alkanes) is 1. The second-order valence-corrected chi connectivity index (χ2v) is 7.49. The summed E-state index contributed by atoms with van der Waals surface area (Å²) in [6.45, 7) is 13.8. The molecule has 24 heavy (non-hydrogen) atoms. The van der Waals surface area contributed by atoms with Crippen LogP contribution in [0, 0.1) is 5.41 Å². The first-order valence-electron chi connectivity index (χ1n) is 9.37. The average Bonchev–Trinajstić information content (AvgIpc) is 3.16. The zero-order chi connectivity index (χ0) is 16.7. The molecule has 0 aliphatic carbocycles. The number of ether oxygens (including phenoxy) is 1. The van der Waals surface area contributed by atoms with Crippen molar-refractivity contribution in [3.05, 3.63) is 0 Å². The molecule has 0 saturated carbocycles. The Morgan fingerprint density at radius 1 is 1.33 bits per heavy atom. The van der Waals surface area contributed by atoms with E-state index in [-0.39, 0.29) is 24.0 Å². The Morgan fingerprint density at radius 2 is 2.12 bits per heavy atom. The lowest BCUT2D eigenvalue weighted by molar-refractivity contribution is 0.156. The second-order valence-electron chi connectivity index (χ2n) is 7.49. The average molecular weight is 452 g/mol. The first-order valence-corrected chi connectivity index (χ1v) is 9.37. The Balaban J connectivity index is 0.00000288. The molecule has 0 radical (unpaired) electrons. The van der Waals surface area contributed by atoms with E-state index in [2.05, 4.69) is 42.9 Å². The molecule has 2 rings (SSSR count). The number of rotatable bonds is 7. The maximum Gasteiger partial charge on any atom is 0.193 e. The molecule has 142 valence electrons. The molecule has 2 heterocycles. The quantitative estimate of drug-likeness (QED) is 0.279. The Bertz CT molecular complexity index is 383. The van der Waals surface area contributed by atoms with Crippen molar-refractivity contribution in [3.63, 3.8) is 0 Å². The van der Waals surface area contributed by atoms with Crippen LogP contribution in [0.15, 0.2) is 4.99 Å². The van der Waals surface area contributed by atoms with Gasteiger partial charge >= 0.3 is 0 Å². The molecule has 6 heteroatoms. The third kappa shape index (κ3) is 6.33. The first-order chi connectivity index (χ1) is 11.1. The first kappa shape index (κ1) is 22.0. The van der Waals surface area contributed by atoms with E-state index in [1.807, 2.05) is 0 Å². The van der Waals surface area contributed by atoms with Gasteiger partial charge in [-0.3, -0.25) is 4.99 Å². The van der Waals surface area contributed by atoms with Crippen LogP contribution in [0.2, 0.25) is 0 Å². The van der Waals surface area contributed by atoms with Gasteiger partial charge in [0.25, 0.3) is 0 Å². The summed E-state index contributed by atoms with van der Waals surface area (Å²) in [5, 5.41) is 3.47. The van der Waals surface area contributed by atoms with Crippen LogP contribution in [-0.4, -0.2) is 74.8 Å². The van der Waals surface area contributed by atoms with Crippen LogP contribution in [0.25, 0.3) is 0 Å². The fourth-order valence-electron chi connectivity index (χ4n) is 3.43. The zero-order valence-electron chi connectivity index (χ0n) is 16.0. The predicted molar refractivity (Wildman–Crippen MR) is 112 cm³/mol. The highest BCUT2D eigenvalue weighted by Crippen LogP contribution is 2.38. The van der Waals surface area contributed by atoms with Gasteiger partial charge in [-0.15, -0.1) is 24.0 Å². The van der Waals surface area contributed by atoms with Crippen molar-refractivity contribution in [1.82, 2.24) is 15.1 Å². The predicted octanol–water partition coefficient (Wildman–Crippen LogP) is 2.80. The Kier molecular flexibility index (Phi) is 9.89. The minimum Gasteiger partial charge on any atom is -0.381 e. The summed E-state index contributed by atoms with van der Waals surface area (Å²) in [7, 11) is 2.20. The molecule has 0 aromatic heterocycles. The number of nitrogens with one attached hydrogen (secondary N) is 1. The summed E-state index contributed by atoms with van der Waals surface area (Å²) in [6, 6.07) is 0.630. The maximum absolute atomic E-state index is 5.63. The van der Waals surface area contributed by atoms with Crippen LogP contribution in [0.1, 0.15) is 46.5 Å². The molecular formula is C18H37IN4O. The van der Waals surface area contributed by atoms with Crippen molar-refractivity contribution in [2.75, 3.05) is 53.0 Å². The summed E-state index contributed by atoms with van der Waals surface area (Å²) in [4.78, 5) is 9.71. The minimum atomic E-state index is 0. The van der Waals surface area contributed by atoms with E-state index >= 15 is 0 Å². The normalized spacial score (nSPS) is 24.2. The molecule has 2 fully saturated rings. The summed E-state index contributed by atoms with van der Waals surface area (Å²) in [5.41, 5.74) is 0.399. The number of halogens is 1. The van der Waals surface area contributed by atoms with E-state index in [1.165, 1.54) is 19.3 Å². The lowest BCUT2D eigenvalue weighted by atomic mass is 9.87. The van der Waals surface area contributed by atoms with Crippen LogP contribution < -0.4 is 5.32 Å². The Labute approximate surface area is 165 Å². The van der Waals surface area contributed by atoms with E-state index < -0.39 is 0 Å². The molecule has 2 aliphatic heterocycles. The lowest BCUT2D eigenvalue weighted by Crippen LogP contribution is -2.41. The highest BCUT2D eigenvalue weighted by Gasteiger charge is 2.42. The van der Waals surface area contributed by atoms with Gasteiger partial charge in [0, 0.05) is 44.2 Å². The third-order valence-electron chi connectivity index (χ3n) is 5.32. The fraction of sp³-hybridized carbons (Fsp3) is 0.944. The summed E-state index contributed by atoms with van der Waals surface area (Å²) < 4.78 is 5.63. The van der Waals surface area contributed by atoms with Crippen molar-refractivity contribution < 1.29 is 4.74 Å². The largest absolute Gasteiger partial charge is 0.381 e. The molecular weight excluding hydrogens is 415 g/mol. The molecule has 0 amide bonds. The molecule has 2 aliphatic rings. The van der Waals surface area contributed by atoms with E-state index in [0.29, 0.717) is 11.5 Å². The number of likely N-dealkylation sites (tertiary alicyclic amines) is 1. The SMILES string of the molecule is CCNC(=NCCCCN(C)C(C)C)N1CCC2(CCOC2)C1.I. The van der Waals surface area contributed by atoms with Gasteiger partial charge in [-0.2, -0.15) is 0 Å². The van der Waals surface area contributed by atoms with Crippen molar-refractivity contribution in [2.45, 2.75) is 52.5 Å². The summed E-state index contributed by atoms with van der Waals surface area (Å²) >= 11 is 0. The van der Waals surface area contributed by atoms with Crippen LogP contribution >= 0.6 is 24.0 Å². The van der Waals surface area contributed by atoms with Gasteiger partial charge in [0.15, 0.2) is 5.96 Å². The van der Waals surface area contributed by atoms with Crippen molar-refractivity contribution in [3.8, 4) is 0 Å². The molecule has 1 spiro atoms. The summed E-state index contributed by atoms with van der Waals surface area (Å²) in [6.07, 6.45) is 4.84. The second kappa shape index (κ2) is 10.8. The Hall–Kier alpha value is -0.0800. The van der Waals surface area contributed by atoms with Gasteiger partial charge in [0.2, 0.25) is 0 Å². The maximum atomic E-state index is 5.63. The molecule has 1 atom stereocenters. The monoisotopic (exact) mass is 452 g/mol. The van der Waals surface area contributed by atoms with Crippen LogP contribution in [-0.2, 0) is 4.74 Å². The number of aliphatic imine (C=N–C) groups is 1.